The first-order valence-corrected chi connectivity index (χ1v) is 8.93. The maximum Gasteiger partial charge on any atom is 0.162 e. The van der Waals surface area contributed by atoms with Crippen molar-refractivity contribution in [1.82, 2.24) is 14.8 Å². The zero-order valence-corrected chi connectivity index (χ0v) is 15.1. The molecule has 1 aliphatic heterocycles. The molecule has 0 spiro atoms. The highest BCUT2D eigenvalue weighted by Gasteiger charge is 2.15. The SMILES string of the molecule is CCCn1cc(CCN2CCNCC2)c2cc(OC)c(OC)cc21. The third-order valence-corrected chi connectivity index (χ3v) is 4.84. The van der Waals surface area contributed by atoms with Crippen molar-refractivity contribution >= 4 is 10.9 Å². The molecule has 1 aliphatic rings. The van der Waals surface area contributed by atoms with Gasteiger partial charge in [-0.2, -0.15) is 0 Å². The largest absolute Gasteiger partial charge is 0.493 e. The molecule has 1 N–H and O–H groups in total. The third kappa shape index (κ3) is 3.52. The third-order valence-electron chi connectivity index (χ3n) is 4.84. The zero-order chi connectivity index (χ0) is 16.9. The van der Waals surface area contributed by atoms with Crippen molar-refractivity contribution in [3.8, 4) is 11.5 Å². The lowest BCUT2D eigenvalue weighted by atomic mass is 10.1. The topological polar surface area (TPSA) is 38.7 Å². The Hall–Kier alpha value is -1.72. The van der Waals surface area contributed by atoms with Crippen molar-refractivity contribution in [3.05, 3.63) is 23.9 Å². The van der Waals surface area contributed by atoms with Crippen molar-refractivity contribution < 1.29 is 9.47 Å². The van der Waals surface area contributed by atoms with Gasteiger partial charge >= 0.3 is 0 Å². The summed E-state index contributed by atoms with van der Waals surface area (Å²) in [5, 5.41) is 4.70. The lowest BCUT2D eigenvalue weighted by Gasteiger charge is -2.26. The van der Waals surface area contributed by atoms with E-state index in [1.54, 1.807) is 14.2 Å². The van der Waals surface area contributed by atoms with Crippen LogP contribution in [-0.2, 0) is 13.0 Å². The van der Waals surface area contributed by atoms with Crippen LogP contribution in [0.25, 0.3) is 10.9 Å². The smallest absolute Gasteiger partial charge is 0.162 e. The number of methoxy groups -OCH3 is 2. The van der Waals surface area contributed by atoms with Gasteiger partial charge in [0.25, 0.3) is 0 Å². The van der Waals surface area contributed by atoms with E-state index in [0.29, 0.717) is 0 Å². The molecule has 0 aliphatic carbocycles. The van der Waals surface area contributed by atoms with Crippen molar-refractivity contribution in [3.63, 3.8) is 0 Å². The standard InChI is InChI=1S/C19H29N3O2/c1-4-8-22-14-15(5-9-21-10-6-20-7-11-21)16-12-18(23-2)19(24-3)13-17(16)22/h12-14,20H,4-11H2,1-3H3. The predicted octanol–water partition coefficient (Wildman–Crippen LogP) is 2.52. The number of fused-ring (bicyclic) bond motifs is 1. The lowest BCUT2D eigenvalue weighted by Crippen LogP contribution is -2.44. The molecule has 0 radical (unpaired) electrons. The van der Waals surface area contributed by atoms with Crippen LogP contribution in [0.5, 0.6) is 11.5 Å². The van der Waals surface area contributed by atoms with Gasteiger partial charge in [0.15, 0.2) is 11.5 Å². The van der Waals surface area contributed by atoms with E-state index in [4.69, 9.17) is 9.47 Å². The van der Waals surface area contributed by atoms with Crippen LogP contribution in [0.3, 0.4) is 0 Å². The van der Waals surface area contributed by atoms with Gasteiger partial charge in [0.05, 0.1) is 19.7 Å². The fraction of sp³-hybridized carbons (Fsp3) is 0.579. The van der Waals surface area contributed by atoms with E-state index in [1.807, 2.05) is 0 Å². The lowest BCUT2D eigenvalue weighted by molar-refractivity contribution is 0.244. The van der Waals surface area contributed by atoms with E-state index in [9.17, 15) is 0 Å². The molecular weight excluding hydrogens is 302 g/mol. The molecule has 0 saturated carbocycles. The summed E-state index contributed by atoms with van der Waals surface area (Å²) in [5.74, 6) is 1.61. The molecule has 132 valence electrons. The van der Waals surface area contributed by atoms with Crippen LogP contribution >= 0.6 is 0 Å². The van der Waals surface area contributed by atoms with Gasteiger partial charge in [-0.25, -0.2) is 0 Å². The summed E-state index contributed by atoms with van der Waals surface area (Å²) in [6.45, 7) is 8.84. The second-order valence-corrected chi connectivity index (χ2v) is 6.41. The monoisotopic (exact) mass is 331 g/mol. The summed E-state index contributed by atoms with van der Waals surface area (Å²) >= 11 is 0. The Morgan fingerprint density at radius 3 is 2.42 bits per heavy atom. The van der Waals surface area contributed by atoms with Gasteiger partial charge in [-0.05, 0) is 24.5 Å². The predicted molar refractivity (Wildman–Crippen MR) is 98.3 cm³/mol. The van der Waals surface area contributed by atoms with E-state index >= 15 is 0 Å². The van der Waals surface area contributed by atoms with Gasteiger partial charge in [0.1, 0.15) is 0 Å². The molecule has 24 heavy (non-hydrogen) atoms. The summed E-state index contributed by atoms with van der Waals surface area (Å²) in [4.78, 5) is 2.54. The molecule has 0 unspecified atom stereocenters. The highest BCUT2D eigenvalue weighted by atomic mass is 16.5. The maximum absolute atomic E-state index is 5.51. The van der Waals surface area contributed by atoms with Crippen LogP contribution in [0.4, 0.5) is 0 Å². The second-order valence-electron chi connectivity index (χ2n) is 6.41. The van der Waals surface area contributed by atoms with Crippen LogP contribution in [-0.4, -0.2) is 56.4 Å². The van der Waals surface area contributed by atoms with E-state index in [0.717, 1.165) is 63.6 Å². The number of rotatable bonds is 7. The van der Waals surface area contributed by atoms with Crippen LogP contribution in [0.15, 0.2) is 18.3 Å². The molecule has 0 atom stereocenters. The number of aromatic nitrogens is 1. The Morgan fingerprint density at radius 1 is 1.04 bits per heavy atom. The van der Waals surface area contributed by atoms with Crippen LogP contribution in [0.1, 0.15) is 18.9 Å². The van der Waals surface area contributed by atoms with E-state index in [2.05, 4.69) is 40.0 Å². The first-order chi connectivity index (χ1) is 11.8. The number of benzene rings is 1. The summed E-state index contributed by atoms with van der Waals surface area (Å²) in [7, 11) is 3.40. The van der Waals surface area contributed by atoms with Gasteiger partial charge in [0.2, 0.25) is 0 Å². The number of hydrogen-bond donors (Lipinski definition) is 1. The number of nitrogens with zero attached hydrogens (tertiary/aromatic N) is 2. The molecule has 5 nitrogen and oxygen atoms in total. The fourth-order valence-corrected chi connectivity index (χ4v) is 3.53. The molecule has 0 amide bonds. The highest BCUT2D eigenvalue weighted by Crippen LogP contribution is 2.35. The van der Waals surface area contributed by atoms with Gasteiger partial charge < -0.3 is 24.3 Å². The first-order valence-electron chi connectivity index (χ1n) is 8.93. The number of nitrogens with one attached hydrogen (secondary N) is 1. The van der Waals surface area contributed by atoms with Gasteiger partial charge in [-0.15, -0.1) is 0 Å². The average molecular weight is 331 g/mol. The normalized spacial score (nSPS) is 15.8. The van der Waals surface area contributed by atoms with Crippen LogP contribution in [0, 0.1) is 0 Å². The summed E-state index contributed by atoms with van der Waals surface area (Å²) in [5.41, 5.74) is 2.64. The fourth-order valence-electron chi connectivity index (χ4n) is 3.53. The quantitative estimate of drug-likeness (QED) is 0.846. The zero-order valence-electron chi connectivity index (χ0n) is 15.1. The van der Waals surface area contributed by atoms with Crippen molar-refractivity contribution in [2.24, 2.45) is 0 Å². The van der Waals surface area contributed by atoms with E-state index in [1.165, 1.54) is 16.5 Å². The van der Waals surface area contributed by atoms with E-state index < -0.39 is 0 Å². The highest BCUT2D eigenvalue weighted by molar-refractivity contribution is 5.87. The van der Waals surface area contributed by atoms with Crippen LogP contribution < -0.4 is 14.8 Å². The van der Waals surface area contributed by atoms with Gasteiger partial charge in [-0.1, -0.05) is 6.92 Å². The molecule has 5 heteroatoms. The number of aryl methyl sites for hydroxylation is 1. The minimum atomic E-state index is 0.800. The Labute approximate surface area is 144 Å². The molecule has 1 saturated heterocycles. The summed E-state index contributed by atoms with van der Waals surface area (Å²) in [6, 6.07) is 4.24. The number of ether oxygens (including phenoxy) is 2. The Kier molecular flexibility index (Phi) is 5.63. The second kappa shape index (κ2) is 7.90. The van der Waals surface area contributed by atoms with Crippen LogP contribution in [0.2, 0.25) is 0 Å². The molecule has 2 aromatic rings. The van der Waals surface area contributed by atoms with Gasteiger partial charge in [-0.3, -0.25) is 0 Å². The molecule has 1 aromatic carbocycles. The molecule has 1 fully saturated rings. The summed E-state index contributed by atoms with van der Waals surface area (Å²) in [6.07, 6.45) is 4.51. The maximum atomic E-state index is 5.51. The number of piperazine rings is 1. The summed E-state index contributed by atoms with van der Waals surface area (Å²) < 4.78 is 13.4. The first kappa shape index (κ1) is 17.1. The van der Waals surface area contributed by atoms with Crippen molar-refractivity contribution in [1.29, 1.82) is 0 Å². The Morgan fingerprint density at radius 2 is 1.75 bits per heavy atom. The molecule has 2 heterocycles. The molecular formula is C19H29N3O2. The minimum absolute atomic E-state index is 0.800. The minimum Gasteiger partial charge on any atom is -0.493 e. The van der Waals surface area contributed by atoms with E-state index in [-0.39, 0.29) is 0 Å². The van der Waals surface area contributed by atoms with Crippen molar-refractivity contribution in [2.75, 3.05) is 46.9 Å². The van der Waals surface area contributed by atoms with Crippen molar-refractivity contribution in [2.45, 2.75) is 26.3 Å². The Bertz CT molecular complexity index is 675. The molecule has 1 aromatic heterocycles. The van der Waals surface area contributed by atoms with Gasteiger partial charge in [0, 0.05) is 56.9 Å². The average Bonchev–Trinajstić information content (AvgIpc) is 2.96. The number of hydrogen-bond acceptors (Lipinski definition) is 4. The molecule has 3 rings (SSSR count). The Balaban J connectivity index is 1.90. The molecule has 0 bridgehead atoms.